The Hall–Kier alpha value is 0.447. The molecule has 0 aliphatic carbocycles. The molecule has 0 amide bonds. The van der Waals surface area contributed by atoms with Crippen LogP contribution in [0.4, 0.5) is 0 Å². The molecule has 0 N–H and O–H groups in total. The normalized spacial score (nSPS) is 12.0. The lowest BCUT2D eigenvalue weighted by atomic mass is 10.2. The van der Waals surface area contributed by atoms with Gasteiger partial charge in [0.15, 0.2) is 0 Å². The Bertz CT molecular complexity index is 177. The molecule has 116 valence electrons. The van der Waals surface area contributed by atoms with E-state index in [9.17, 15) is 0 Å². The van der Waals surface area contributed by atoms with Gasteiger partial charge in [0.05, 0.1) is 0 Å². The predicted octanol–water partition coefficient (Wildman–Crippen LogP) is 4.35. The first-order valence-corrected chi connectivity index (χ1v) is 10.8. The lowest BCUT2D eigenvalue weighted by Crippen LogP contribution is -2.46. The van der Waals surface area contributed by atoms with Crippen molar-refractivity contribution in [1.29, 1.82) is 0 Å². The lowest BCUT2D eigenvalue weighted by molar-refractivity contribution is 0.0728. The highest BCUT2D eigenvalue weighted by atomic mass is 32.2. The van der Waals surface area contributed by atoms with Crippen LogP contribution in [0.2, 0.25) is 6.04 Å². The van der Waals surface area contributed by atoms with Gasteiger partial charge in [0.2, 0.25) is 0 Å². The van der Waals surface area contributed by atoms with E-state index in [2.05, 4.69) is 6.92 Å². The molecule has 0 aromatic rings. The van der Waals surface area contributed by atoms with E-state index in [1.807, 2.05) is 32.5 Å². The maximum absolute atomic E-state index is 5.84. The van der Waals surface area contributed by atoms with Gasteiger partial charge in [0.25, 0.3) is 0 Å². The highest BCUT2D eigenvalue weighted by Crippen LogP contribution is 2.20. The molecule has 0 radical (unpaired) electrons. The summed E-state index contributed by atoms with van der Waals surface area (Å²) in [5.41, 5.74) is 0. The van der Waals surface area contributed by atoms with Gasteiger partial charge in [0.1, 0.15) is 0 Å². The molecule has 0 heterocycles. The van der Waals surface area contributed by atoms with Crippen LogP contribution in [0, 0.1) is 0 Å². The molecule has 0 saturated heterocycles. The lowest BCUT2D eigenvalue weighted by Gasteiger charge is -2.28. The molecule has 3 nitrogen and oxygen atoms in total. The van der Waals surface area contributed by atoms with Crippen molar-refractivity contribution in [2.75, 3.05) is 31.3 Å². The van der Waals surface area contributed by atoms with Gasteiger partial charge in [-0.3, -0.25) is 0 Å². The second-order valence-electron chi connectivity index (χ2n) is 4.41. The molecule has 0 fully saturated rings. The topological polar surface area (TPSA) is 27.7 Å². The summed E-state index contributed by atoms with van der Waals surface area (Å²) in [4.78, 5) is 0. The summed E-state index contributed by atoms with van der Waals surface area (Å²) >= 11 is 2.00. The molecule has 0 aliphatic rings. The van der Waals surface area contributed by atoms with Crippen molar-refractivity contribution >= 4 is 20.6 Å². The fourth-order valence-electron chi connectivity index (χ4n) is 1.93. The number of hydrogen-bond acceptors (Lipinski definition) is 4. The highest BCUT2D eigenvalue weighted by molar-refractivity contribution is 7.99. The molecule has 0 aromatic carbocycles. The van der Waals surface area contributed by atoms with Gasteiger partial charge < -0.3 is 13.3 Å². The largest absolute Gasteiger partial charge is 0.501 e. The number of unbranched alkanes of at least 4 members (excludes halogenated alkanes) is 3. The summed E-state index contributed by atoms with van der Waals surface area (Å²) in [6.07, 6.45) is 5.34. The van der Waals surface area contributed by atoms with Crippen LogP contribution < -0.4 is 0 Å². The van der Waals surface area contributed by atoms with Crippen LogP contribution in [0.25, 0.3) is 0 Å². The minimum absolute atomic E-state index is 0.674. The minimum Gasteiger partial charge on any atom is -0.374 e. The number of hydrogen-bond donors (Lipinski definition) is 0. The van der Waals surface area contributed by atoms with Gasteiger partial charge in [-0.1, -0.05) is 26.2 Å². The van der Waals surface area contributed by atoms with Gasteiger partial charge in [-0.25, -0.2) is 0 Å². The monoisotopic (exact) mass is 308 g/mol. The van der Waals surface area contributed by atoms with Crippen molar-refractivity contribution in [3.63, 3.8) is 0 Å². The molecule has 0 atom stereocenters. The third-order valence-corrected chi connectivity index (χ3v) is 7.27. The van der Waals surface area contributed by atoms with Crippen LogP contribution in [-0.4, -0.2) is 40.1 Å². The van der Waals surface area contributed by atoms with Gasteiger partial charge in [-0.15, -0.1) is 0 Å². The van der Waals surface area contributed by atoms with Crippen molar-refractivity contribution in [3.8, 4) is 0 Å². The molecule has 0 aliphatic heterocycles. The third-order valence-electron chi connectivity index (χ3n) is 2.79. The van der Waals surface area contributed by atoms with Crippen molar-refractivity contribution in [1.82, 2.24) is 0 Å². The first kappa shape index (κ1) is 19.4. The van der Waals surface area contributed by atoms with E-state index in [0.29, 0.717) is 19.8 Å². The SMILES string of the molecule is CCCCCCSCC[Si](OCC)(OCC)OCC. The molecule has 0 saturated carbocycles. The summed E-state index contributed by atoms with van der Waals surface area (Å²) < 4.78 is 17.5. The van der Waals surface area contributed by atoms with Gasteiger partial charge in [-0.05, 0) is 38.7 Å². The van der Waals surface area contributed by atoms with Crippen LogP contribution in [0.5, 0.6) is 0 Å². The van der Waals surface area contributed by atoms with E-state index in [1.54, 1.807) is 0 Å². The van der Waals surface area contributed by atoms with E-state index >= 15 is 0 Å². The Balaban J connectivity index is 3.89. The maximum atomic E-state index is 5.84. The molecule has 0 spiro atoms. The summed E-state index contributed by atoms with van der Waals surface area (Å²) in [7, 11) is -2.39. The van der Waals surface area contributed by atoms with Crippen molar-refractivity contribution in [2.45, 2.75) is 59.4 Å². The smallest absolute Gasteiger partial charge is 0.374 e. The molecule has 0 unspecified atom stereocenters. The summed E-state index contributed by atoms with van der Waals surface area (Å²) in [5.74, 6) is 2.33. The van der Waals surface area contributed by atoms with Crippen molar-refractivity contribution in [2.24, 2.45) is 0 Å². The van der Waals surface area contributed by atoms with Gasteiger partial charge in [0, 0.05) is 25.9 Å². The second kappa shape index (κ2) is 13.4. The van der Waals surface area contributed by atoms with Crippen molar-refractivity contribution < 1.29 is 13.3 Å². The quantitative estimate of drug-likeness (QED) is 0.352. The summed E-state index contributed by atoms with van der Waals surface area (Å²) in [5, 5.41) is 0. The number of rotatable bonds is 14. The molecular weight excluding hydrogens is 276 g/mol. The Morgan fingerprint density at radius 2 is 1.32 bits per heavy atom. The molecule has 0 aromatic heterocycles. The van der Waals surface area contributed by atoms with E-state index in [1.165, 1.54) is 31.4 Å². The fraction of sp³-hybridized carbons (Fsp3) is 1.00. The summed E-state index contributed by atoms with van der Waals surface area (Å²) in [6, 6.07) is 0.932. The standard InChI is InChI=1S/C14H32O3SSi/c1-5-9-10-11-12-18-13-14-19(15-6-2,16-7-3)17-8-4/h5-14H2,1-4H3. The maximum Gasteiger partial charge on any atom is 0.501 e. The first-order valence-electron chi connectivity index (χ1n) is 7.74. The first-order chi connectivity index (χ1) is 9.24. The fourth-order valence-corrected chi connectivity index (χ4v) is 6.12. The van der Waals surface area contributed by atoms with Crippen LogP contribution in [0.1, 0.15) is 53.4 Å². The van der Waals surface area contributed by atoms with Crippen LogP contribution in [0.15, 0.2) is 0 Å². The number of thioether (sulfide) groups is 1. The van der Waals surface area contributed by atoms with E-state index in [0.717, 1.165) is 11.8 Å². The van der Waals surface area contributed by atoms with E-state index in [4.69, 9.17) is 13.3 Å². The average Bonchev–Trinajstić information content (AvgIpc) is 2.39. The van der Waals surface area contributed by atoms with Crippen LogP contribution in [0.3, 0.4) is 0 Å². The molecule has 19 heavy (non-hydrogen) atoms. The molecule has 0 bridgehead atoms. The highest BCUT2D eigenvalue weighted by Gasteiger charge is 2.39. The third kappa shape index (κ3) is 9.90. The van der Waals surface area contributed by atoms with Crippen LogP contribution >= 0.6 is 11.8 Å². The zero-order valence-electron chi connectivity index (χ0n) is 13.2. The molecular formula is C14H32O3SSi. The zero-order valence-corrected chi connectivity index (χ0v) is 15.0. The Morgan fingerprint density at radius 1 is 0.737 bits per heavy atom. The Morgan fingerprint density at radius 3 is 1.79 bits per heavy atom. The van der Waals surface area contributed by atoms with Crippen LogP contribution in [-0.2, 0) is 13.3 Å². The van der Waals surface area contributed by atoms with E-state index < -0.39 is 8.80 Å². The molecule has 0 rings (SSSR count). The molecule has 5 heteroatoms. The minimum atomic E-state index is -2.39. The Kier molecular flexibility index (Phi) is 13.7. The zero-order chi connectivity index (χ0) is 14.4. The predicted molar refractivity (Wildman–Crippen MR) is 86.9 cm³/mol. The Labute approximate surface area is 125 Å². The van der Waals surface area contributed by atoms with Gasteiger partial charge in [-0.2, -0.15) is 11.8 Å². The second-order valence-corrected chi connectivity index (χ2v) is 8.36. The van der Waals surface area contributed by atoms with E-state index in [-0.39, 0.29) is 0 Å². The van der Waals surface area contributed by atoms with Crippen molar-refractivity contribution in [3.05, 3.63) is 0 Å². The average molecular weight is 309 g/mol. The summed E-state index contributed by atoms with van der Waals surface area (Å²) in [6.45, 7) is 10.3. The van der Waals surface area contributed by atoms with Gasteiger partial charge >= 0.3 is 8.80 Å².